The lowest BCUT2D eigenvalue weighted by molar-refractivity contribution is 0.756. The second-order valence-corrected chi connectivity index (χ2v) is 6.44. The molecule has 0 amide bonds. The zero-order chi connectivity index (χ0) is 15.5. The van der Waals surface area contributed by atoms with Crippen LogP contribution < -0.4 is 0 Å². The van der Waals surface area contributed by atoms with Gasteiger partial charge in [-0.1, -0.05) is 58.8 Å². The highest BCUT2D eigenvalue weighted by molar-refractivity contribution is 7.98. The zero-order valence-electron chi connectivity index (χ0n) is 12.9. The summed E-state index contributed by atoms with van der Waals surface area (Å²) in [5.41, 5.74) is 6.07. The van der Waals surface area contributed by atoms with Crippen molar-refractivity contribution in [1.29, 1.82) is 0 Å². The van der Waals surface area contributed by atoms with Crippen molar-refractivity contribution in [2.24, 2.45) is 0 Å². The van der Waals surface area contributed by atoms with Gasteiger partial charge in [-0.3, -0.25) is 0 Å². The van der Waals surface area contributed by atoms with E-state index in [0.717, 1.165) is 16.6 Å². The molecule has 0 aliphatic heterocycles. The highest BCUT2D eigenvalue weighted by atomic mass is 32.2. The Kier molecular flexibility index (Phi) is 4.24. The maximum Gasteiger partial charge on any atom is 0.214 e. The second-order valence-electron chi connectivity index (χ2n) is 5.49. The first kappa shape index (κ1) is 14.8. The molecule has 4 nitrogen and oxygen atoms in total. The Hall–Kier alpha value is -2.14. The molecule has 0 radical (unpaired) electrons. The Bertz CT molecular complexity index is 757. The summed E-state index contributed by atoms with van der Waals surface area (Å²) >= 11 is 1.65. The van der Waals surface area contributed by atoms with Crippen molar-refractivity contribution in [2.45, 2.75) is 31.7 Å². The van der Waals surface area contributed by atoms with E-state index in [2.05, 4.69) is 66.6 Å². The molecular weight excluding hydrogens is 292 g/mol. The van der Waals surface area contributed by atoms with Gasteiger partial charge >= 0.3 is 0 Å². The smallest absolute Gasteiger partial charge is 0.188 e. The quantitative estimate of drug-likeness (QED) is 0.686. The van der Waals surface area contributed by atoms with E-state index in [4.69, 9.17) is 0 Å². The predicted molar refractivity (Wildman–Crippen MR) is 89.4 cm³/mol. The van der Waals surface area contributed by atoms with Gasteiger partial charge in [0.2, 0.25) is 5.16 Å². The number of thioether (sulfide) groups is 1. The first-order valence-corrected chi connectivity index (χ1v) is 8.16. The van der Waals surface area contributed by atoms with Gasteiger partial charge in [-0.2, -0.15) is 4.68 Å². The summed E-state index contributed by atoms with van der Waals surface area (Å²) in [5.74, 6) is 0.856. The number of benzene rings is 2. The van der Waals surface area contributed by atoms with Gasteiger partial charge in [0, 0.05) is 5.75 Å². The average Bonchev–Trinajstić information content (AvgIpc) is 2.93. The minimum absolute atomic E-state index is 0.808. The van der Waals surface area contributed by atoms with Crippen LogP contribution in [-0.2, 0) is 5.75 Å². The SMILES string of the molecule is Cc1ccc(-n2nnnc2SCc2cc(C)cc(C)c2)cc1. The Morgan fingerprint density at radius 3 is 2.27 bits per heavy atom. The molecule has 1 heterocycles. The summed E-state index contributed by atoms with van der Waals surface area (Å²) in [6.45, 7) is 6.31. The average molecular weight is 310 g/mol. The first-order chi connectivity index (χ1) is 10.6. The molecule has 0 unspecified atom stereocenters. The maximum atomic E-state index is 4.14. The van der Waals surface area contributed by atoms with E-state index in [0.29, 0.717) is 0 Å². The zero-order valence-corrected chi connectivity index (χ0v) is 13.8. The van der Waals surface area contributed by atoms with Crippen molar-refractivity contribution in [1.82, 2.24) is 20.2 Å². The van der Waals surface area contributed by atoms with Gasteiger partial charge in [-0.05, 0) is 48.9 Å². The lowest BCUT2D eigenvalue weighted by Crippen LogP contribution is -1.99. The van der Waals surface area contributed by atoms with Crippen molar-refractivity contribution >= 4 is 11.8 Å². The summed E-state index contributed by atoms with van der Waals surface area (Å²) in [7, 11) is 0. The van der Waals surface area contributed by atoms with Gasteiger partial charge in [0.1, 0.15) is 0 Å². The molecule has 3 rings (SSSR count). The van der Waals surface area contributed by atoms with Crippen molar-refractivity contribution in [3.05, 3.63) is 64.7 Å². The molecule has 2 aromatic carbocycles. The molecule has 0 fully saturated rings. The number of hydrogen-bond donors (Lipinski definition) is 0. The van der Waals surface area contributed by atoms with E-state index in [9.17, 15) is 0 Å². The summed E-state index contributed by atoms with van der Waals surface area (Å²) in [4.78, 5) is 0. The fourth-order valence-corrected chi connectivity index (χ4v) is 3.24. The Labute approximate surface area is 134 Å². The summed E-state index contributed by atoms with van der Waals surface area (Å²) in [6.07, 6.45) is 0. The fraction of sp³-hybridized carbons (Fsp3) is 0.235. The van der Waals surface area contributed by atoms with E-state index in [1.54, 1.807) is 16.4 Å². The Morgan fingerprint density at radius 2 is 1.59 bits per heavy atom. The molecule has 0 aliphatic rings. The van der Waals surface area contributed by atoms with Crippen LogP contribution in [0.2, 0.25) is 0 Å². The number of hydrogen-bond acceptors (Lipinski definition) is 4. The van der Waals surface area contributed by atoms with Gasteiger partial charge in [-0.15, -0.1) is 5.10 Å². The molecule has 0 saturated carbocycles. The third-order valence-electron chi connectivity index (χ3n) is 3.37. The van der Waals surface area contributed by atoms with E-state index >= 15 is 0 Å². The third-order valence-corrected chi connectivity index (χ3v) is 4.36. The summed E-state index contributed by atoms with van der Waals surface area (Å²) in [5, 5.41) is 12.9. The lowest BCUT2D eigenvalue weighted by atomic mass is 10.1. The number of rotatable bonds is 4. The van der Waals surface area contributed by atoms with Gasteiger partial charge < -0.3 is 0 Å². The molecule has 0 aliphatic carbocycles. The van der Waals surface area contributed by atoms with Crippen LogP contribution in [0.3, 0.4) is 0 Å². The maximum absolute atomic E-state index is 4.14. The predicted octanol–water partition coefficient (Wildman–Crippen LogP) is 3.88. The molecule has 1 aromatic heterocycles. The molecule has 0 bridgehead atoms. The van der Waals surface area contributed by atoms with E-state index < -0.39 is 0 Å². The highest BCUT2D eigenvalue weighted by Crippen LogP contribution is 2.23. The highest BCUT2D eigenvalue weighted by Gasteiger charge is 2.09. The molecule has 0 saturated heterocycles. The molecule has 0 N–H and O–H groups in total. The molecule has 112 valence electrons. The van der Waals surface area contributed by atoms with Gasteiger partial charge in [0.05, 0.1) is 5.69 Å². The van der Waals surface area contributed by atoms with Crippen LogP contribution in [0, 0.1) is 20.8 Å². The molecule has 0 atom stereocenters. The van der Waals surface area contributed by atoms with Gasteiger partial charge in [-0.25, -0.2) is 0 Å². The summed E-state index contributed by atoms with van der Waals surface area (Å²) < 4.78 is 1.78. The monoisotopic (exact) mass is 310 g/mol. The van der Waals surface area contributed by atoms with Crippen LogP contribution in [0.4, 0.5) is 0 Å². The largest absolute Gasteiger partial charge is 0.214 e. The molecular formula is C17H18N4S. The van der Waals surface area contributed by atoms with Crippen molar-refractivity contribution in [3.63, 3.8) is 0 Å². The third kappa shape index (κ3) is 3.36. The molecule has 0 spiro atoms. The van der Waals surface area contributed by atoms with E-state index in [-0.39, 0.29) is 0 Å². The van der Waals surface area contributed by atoms with Crippen molar-refractivity contribution < 1.29 is 0 Å². The van der Waals surface area contributed by atoms with E-state index in [1.165, 1.54) is 22.3 Å². The number of aromatic nitrogens is 4. The standard InChI is InChI=1S/C17H18N4S/c1-12-4-6-16(7-5-12)21-17(18-19-20-21)22-11-15-9-13(2)8-14(3)10-15/h4-10H,11H2,1-3H3. The lowest BCUT2D eigenvalue weighted by Gasteiger charge is -2.06. The Morgan fingerprint density at radius 1 is 0.909 bits per heavy atom. The minimum atomic E-state index is 0.808. The van der Waals surface area contributed by atoms with Gasteiger partial charge in [0.15, 0.2) is 0 Å². The van der Waals surface area contributed by atoms with Crippen LogP contribution in [0.1, 0.15) is 22.3 Å². The van der Waals surface area contributed by atoms with Gasteiger partial charge in [0.25, 0.3) is 0 Å². The number of nitrogens with zero attached hydrogens (tertiary/aromatic N) is 4. The topological polar surface area (TPSA) is 43.6 Å². The Balaban J connectivity index is 1.79. The number of tetrazole rings is 1. The molecule has 22 heavy (non-hydrogen) atoms. The fourth-order valence-electron chi connectivity index (χ4n) is 2.42. The second kappa shape index (κ2) is 6.32. The van der Waals surface area contributed by atoms with Crippen LogP contribution in [-0.4, -0.2) is 20.2 Å². The molecule has 3 aromatic rings. The first-order valence-electron chi connectivity index (χ1n) is 7.17. The van der Waals surface area contributed by atoms with Crippen LogP contribution in [0.15, 0.2) is 47.6 Å². The van der Waals surface area contributed by atoms with Crippen molar-refractivity contribution in [2.75, 3.05) is 0 Å². The van der Waals surface area contributed by atoms with Crippen LogP contribution in [0.25, 0.3) is 5.69 Å². The van der Waals surface area contributed by atoms with E-state index in [1.807, 2.05) is 12.1 Å². The molecule has 5 heteroatoms. The van der Waals surface area contributed by atoms with Crippen LogP contribution in [0.5, 0.6) is 0 Å². The van der Waals surface area contributed by atoms with Crippen LogP contribution >= 0.6 is 11.8 Å². The summed E-state index contributed by atoms with van der Waals surface area (Å²) in [6, 6.07) is 14.8. The normalized spacial score (nSPS) is 10.9. The minimum Gasteiger partial charge on any atom is -0.188 e. The van der Waals surface area contributed by atoms with Crippen molar-refractivity contribution in [3.8, 4) is 5.69 Å². The number of aryl methyl sites for hydroxylation is 3.